The van der Waals surface area contributed by atoms with Crippen molar-refractivity contribution in [2.45, 2.75) is 6.61 Å². The fourth-order valence-electron chi connectivity index (χ4n) is 2.53. The Morgan fingerprint density at radius 2 is 2.00 bits per heavy atom. The number of thioether (sulfide) groups is 1. The number of amidine groups is 1. The third kappa shape index (κ3) is 4.45. The Kier molecular flexibility index (Phi) is 6.21. The van der Waals surface area contributed by atoms with E-state index in [0.29, 0.717) is 22.4 Å². The number of halogens is 1. The minimum Gasteiger partial charge on any atom is -0.488 e. The van der Waals surface area contributed by atoms with Crippen LogP contribution < -0.4 is 4.74 Å². The van der Waals surface area contributed by atoms with E-state index >= 15 is 0 Å². The Labute approximate surface area is 175 Å². The quantitative estimate of drug-likeness (QED) is 0.674. The van der Waals surface area contributed by atoms with Crippen molar-refractivity contribution in [2.75, 3.05) is 14.1 Å². The first-order valence-corrected chi connectivity index (χ1v) is 9.89. The maximum atomic E-state index is 12.2. The Morgan fingerprint density at radius 1 is 1.29 bits per heavy atom. The van der Waals surface area contributed by atoms with E-state index in [1.807, 2.05) is 24.3 Å². The second-order valence-corrected chi connectivity index (χ2v) is 7.83. The molecular weight excluding hydrogens is 444 g/mol. The van der Waals surface area contributed by atoms with Crippen LogP contribution in [-0.2, 0) is 11.4 Å². The molecule has 2 aromatic carbocycles. The van der Waals surface area contributed by atoms with Gasteiger partial charge in [0.2, 0.25) is 0 Å². The zero-order chi connectivity index (χ0) is 20.3. The lowest BCUT2D eigenvalue weighted by atomic mass is 10.1. The van der Waals surface area contributed by atoms with Gasteiger partial charge in [0.05, 0.1) is 14.9 Å². The number of hydrogen-bond donors (Lipinski definition) is 1. The maximum Gasteiger partial charge on any atom is 0.335 e. The summed E-state index contributed by atoms with van der Waals surface area (Å²) in [5, 5.41) is 9.60. The summed E-state index contributed by atoms with van der Waals surface area (Å²) in [7, 11) is 3.36. The third-order valence-corrected chi connectivity index (χ3v) is 5.81. The zero-order valence-corrected chi connectivity index (χ0v) is 17.6. The number of carboxylic acids is 1. The van der Waals surface area contributed by atoms with Crippen LogP contribution in [0.1, 0.15) is 21.5 Å². The number of carbonyl (C=O) groups excluding carboxylic acids is 1. The summed E-state index contributed by atoms with van der Waals surface area (Å²) in [6.07, 6.45) is 1.82. The number of ether oxygens (including phenoxy) is 1. The molecule has 1 amide bonds. The summed E-state index contributed by atoms with van der Waals surface area (Å²) in [5.41, 5.74) is 1.97. The Morgan fingerprint density at radius 3 is 2.57 bits per heavy atom. The zero-order valence-electron chi connectivity index (χ0n) is 15.2. The molecule has 1 saturated heterocycles. The van der Waals surface area contributed by atoms with Gasteiger partial charge in [-0.05, 0) is 69.2 Å². The van der Waals surface area contributed by atoms with Gasteiger partial charge >= 0.3 is 5.97 Å². The molecule has 0 spiro atoms. The third-order valence-electron chi connectivity index (χ3n) is 4.04. The summed E-state index contributed by atoms with van der Waals surface area (Å²) < 4.78 is 6.57. The van der Waals surface area contributed by atoms with Crippen LogP contribution in [0.15, 0.2) is 56.8 Å². The molecule has 1 heterocycles. The number of amides is 1. The van der Waals surface area contributed by atoms with Crippen LogP contribution in [0.5, 0.6) is 5.75 Å². The molecule has 1 aliphatic rings. The fourth-order valence-corrected chi connectivity index (χ4v) is 3.97. The van der Waals surface area contributed by atoms with Crippen LogP contribution in [0.4, 0.5) is 0 Å². The Balaban J connectivity index is 1.70. The van der Waals surface area contributed by atoms with Gasteiger partial charge in [0, 0.05) is 14.1 Å². The van der Waals surface area contributed by atoms with Gasteiger partial charge in [-0.2, -0.15) is 0 Å². The molecule has 144 valence electrons. The highest BCUT2D eigenvalue weighted by molar-refractivity contribution is 9.10. The normalized spacial score (nSPS) is 16.8. The van der Waals surface area contributed by atoms with Crippen LogP contribution in [0, 0.1) is 0 Å². The molecule has 0 aliphatic carbocycles. The van der Waals surface area contributed by atoms with E-state index in [0.717, 1.165) is 15.6 Å². The lowest BCUT2D eigenvalue weighted by molar-refractivity contribution is -0.121. The molecule has 3 rings (SSSR count). The predicted octanol–water partition coefficient (Wildman–Crippen LogP) is 4.26. The lowest BCUT2D eigenvalue weighted by Crippen LogP contribution is -2.23. The van der Waals surface area contributed by atoms with Crippen LogP contribution in [0.3, 0.4) is 0 Å². The van der Waals surface area contributed by atoms with Crippen molar-refractivity contribution in [3.63, 3.8) is 0 Å². The molecular formula is C20H17BrN2O4S. The van der Waals surface area contributed by atoms with Gasteiger partial charge in [-0.25, -0.2) is 4.79 Å². The summed E-state index contributed by atoms with van der Waals surface area (Å²) in [6, 6.07) is 12.1. The number of rotatable bonds is 5. The first-order valence-electron chi connectivity index (χ1n) is 8.28. The van der Waals surface area contributed by atoms with Crippen molar-refractivity contribution < 1.29 is 19.4 Å². The number of likely N-dealkylation sites (N-methyl/N-ethyl adjacent to an activating group) is 1. The van der Waals surface area contributed by atoms with Crippen LogP contribution in [0.25, 0.3) is 6.08 Å². The molecule has 1 fully saturated rings. The van der Waals surface area contributed by atoms with Crippen molar-refractivity contribution in [3.8, 4) is 5.75 Å². The van der Waals surface area contributed by atoms with Gasteiger partial charge in [0.1, 0.15) is 12.4 Å². The van der Waals surface area contributed by atoms with Crippen LogP contribution >= 0.6 is 27.7 Å². The Bertz CT molecular complexity index is 986. The predicted molar refractivity (Wildman–Crippen MR) is 114 cm³/mol. The molecule has 0 radical (unpaired) electrons. The molecule has 0 aromatic heterocycles. The van der Waals surface area contributed by atoms with Gasteiger partial charge < -0.3 is 9.84 Å². The molecule has 28 heavy (non-hydrogen) atoms. The molecule has 0 atom stereocenters. The highest BCUT2D eigenvalue weighted by Crippen LogP contribution is 2.33. The summed E-state index contributed by atoms with van der Waals surface area (Å²) in [5.74, 6) is -0.378. The minimum atomic E-state index is -0.956. The van der Waals surface area contributed by atoms with E-state index in [2.05, 4.69) is 20.9 Å². The fraction of sp³-hybridized carbons (Fsp3) is 0.150. The second kappa shape index (κ2) is 8.62. The standard InChI is InChI=1S/C20H17BrN2O4S/c1-22-20-23(2)18(24)17(28-20)10-13-5-8-16(15(21)9-13)27-11-12-3-6-14(7-4-12)19(25)26/h3-10H,11H2,1-2H3,(H,25,26). The first-order chi connectivity index (χ1) is 13.4. The second-order valence-electron chi connectivity index (χ2n) is 5.96. The van der Waals surface area contributed by atoms with Crippen molar-refractivity contribution >= 4 is 50.8 Å². The average Bonchev–Trinajstić information content (AvgIpc) is 2.95. The number of benzene rings is 2. The lowest BCUT2D eigenvalue weighted by Gasteiger charge is -2.09. The van der Waals surface area contributed by atoms with Gasteiger partial charge in [0.25, 0.3) is 5.91 Å². The summed E-state index contributed by atoms with van der Waals surface area (Å²) >= 11 is 4.84. The van der Waals surface area contributed by atoms with Gasteiger partial charge in [-0.15, -0.1) is 0 Å². The number of hydrogen-bond acceptors (Lipinski definition) is 5. The molecule has 8 heteroatoms. The largest absolute Gasteiger partial charge is 0.488 e. The molecule has 1 aliphatic heterocycles. The monoisotopic (exact) mass is 460 g/mol. The van der Waals surface area contributed by atoms with Crippen LogP contribution in [0.2, 0.25) is 0 Å². The van der Waals surface area contributed by atoms with E-state index < -0.39 is 5.97 Å². The molecule has 2 aromatic rings. The first kappa shape index (κ1) is 20.2. The Hall–Kier alpha value is -2.58. The van der Waals surface area contributed by atoms with Crippen LogP contribution in [-0.4, -0.2) is 41.1 Å². The number of carboxylic acid groups (broad SMARTS) is 1. The SMILES string of the molecule is CN=C1SC(=Cc2ccc(OCc3ccc(C(=O)O)cc3)c(Br)c2)C(=O)N1C. The van der Waals surface area contributed by atoms with Crippen molar-refractivity contribution in [2.24, 2.45) is 4.99 Å². The summed E-state index contributed by atoms with van der Waals surface area (Å²) in [4.78, 5) is 29.4. The van der Waals surface area contributed by atoms with E-state index in [4.69, 9.17) is 9.84 Å². The number of nitrogens with zero attached hydrogens (tertiary/aromatic N) is 2. The van der Waals surface area contributed by atoms with Crippen molar-refractivity contribution in [1.29, 1.82) is 0 Å². The number of aliphatic imine (C=N–C) groups is 1. The maximum absolute atomic E-state index is 12.2. The summed E-state index contributed by atoms with van der Waals surface area (Å²) in [6.45, 7) is 0.314. The van der Waals surface area contributed by atoms with E-state index in [-0.39, 0.29) is 11.5 Å². The molecule has 0 unspecified atom stereocenters. The minimum absolute atomic E-state index is 0.0770. The van der Waals surface area contributed by atoms with E-state index in [9.17, 15) is 9.59 Å². The molecule has 1 N–H and O–H groups in total. The van der Waals surface area contributed by atoms with Gasteiger partial charge in [0.15, 0.2) is 5.17 Å². The molecule has 0 saturated carbocycles. The van der Waals surface area contributed by atoms with Crippen molar-refractivity contribution in [1.82, 2.24) is 4.90 Å². The van der Waals surface area contributed by atoms with Gasteiger partial charge in [-0.3, -0.25) is 14.7 Å². The average molecular weight is 461 g/mol. The molecule has 0 bridgehead atoms. The number of aromatic carboxylic acids is 1. The van der Waals surface area contributed by atoms with E-state index in [1.165, 1.54) is 16.7 Å². The highest BCUT2D eigenvalue weighted by Gasteiger charge is 2.29. The van der Waals surface area contributed by atoms with Gasteiger partial charge in [-0.1, -0.05) is 18.2 Å². The smallest absolute Gasteiger partial charge is 0.335 e. The number of carbonyl (C=O) groups is 2. The molecule has 6 nitrogen and oxygen atoms in total. The van der Waals surface area contributed by atoms with E-state index in [1.54, 1.807) is 38.4 Å². The van der Waals surface area contributed by atoms with Crippen molar-refractivity contribution in [3.05, 3.63) is 68.5 Å². The topological polar surface area (TPSA) is 79.2 Å². The highest BCUT2D eigenvalue weighted by atomic mass is 79.9.